The highest BCUT2D eigenvalue weighted by Gasteiger charge is 2.41. The van der Waals surface area contributed by atoms with Crippen molar-refractivity contribution in [2.45, 2.75) is 30.6 Å². The molecule has 0 aromatic heterocycles. The van der Waals surface area contributed by atoms with Crippen LogP contribution in [0, 0.1) is 0 Å². The van der Waals surface area contributed by atoms with Crippen LogP contribution >= 0.6 is 0 Å². The third-order valence-corrected chi connectivity index (χ3v) is 1.95. The van der Waals surface area contributed by atoms with Crippen LogP contribution in [0.15, 0.2) is 0 Å². The highest BCUT2D eigenvalue weighted by molar-refractivity contribution is 4.90. The monoisotopic (exact) mass is 179 g/mol. The first-order valence-corrected chi connectivity index (χ1v) is 3.64. The van der Waals surface area contributed by atoms with Gasteiger partial charge in [-0.2, -0.15) is 0 Å². The van der Waals surface area contributed by atoms with Crippen molar-refractivity contribution in [1.29, 1.82) is 0 Å². The lowest BCUT2D eigenvalue weighted by Gasteiger charge is -2.38. The molecule has 1 saturated heterocycles. The molecule has 12 heavy (non-hydrogen) atoms. The van der Waals surface area contributed by atoms with Crippen LogP contribution in [0.5, 0.6) is 0 Å². The van der Waals surface area contributed by atoms with Gasteiger partial charge in [0, 0.05) is 0 Å². The summed E-state index contributed by atoms with van der Waals surface area (Å²) in [5, 5.41) is 36.1. The van der Waals surface area contributed by atoms with Crippen LogP contribution < -0.4 is 5.73 Å². The van der Waals surface area contributed by atoms with Crippen LogP contribution in [0.3, 0.4) is 0 Å². The number of rotatable bonds is 1. The predicted octanol–water partition coefficient (Wildman–Crippen LogP) is -3.26. The smallest absolute Gasteiger partial charge is 0.173 e. The van der Waals surface area contributed by atoms with Crippen molar-refractivity contribution in [2.75, 3.05) is 6.61 Å². The van der Waals surface area contributed by atoms with Gasteiger partial charge in [0.2, 0.25) is 0 Å². The van der Waals surface area contributed by atoms with Crippen LogP contribution in [0.2, 0.25) is 0 Å². The van der Waals surface area contributed by atoms with Crippen molar-refractivity contribution in [3.63, 3.8) is 0 Å². The molecule has 1 heterocycles. The van der Waals surface area contributed by atoms with E-state index in [9.17, 15) is 10.2 Å². The predicted molar refractivity (Wildman–Crippen MR) is 38.0 cm³/mol. The van der Waals surface area contributed by atoms with E-state index in [-0.39, 0.29) is 0 Å². The zero-order valence-corrected chi connectivity index (χ0v) is 6.37. The summed E-state index contributed by atoms with van der Waals surface area (Å²) < 4.78 is 4.70. The van der Waals surface area contributed by atoms with Gasteiger partial charge in [0.1, 0.15) is 18.3 Å². The molecule has 5 atom stereocenters. The number of aliphatic hydroxyl groups excluding tert-OH is 4. The molecular weight excluding hydrogens is 166 g/mol. The Morgan fingerprint density at radius 3 is 2.25 bits per heavy atom. The molecule has 3 unspecified atom stereocenters. The average molecular weight is 179 g/mol. The van der Waals surface area contributed by atoms with E-state index >= 15 is 0 Å². The maximum Gasteiger partial charge on any atom is 0.173 e. The SMILES string of the molecule is NC1C(O)[C@H](O)C(CO)O[C@@H]1O. The van der Waals surface area contributed by atoms with Crippen molar-refractivity contribution in [3.8, 4) is 0 Å². The molecule has 1 rings (SSSR count). The maximum atomic E-state index is 9.20. The van der Waals surface area contributed by atoms with Gasteiger partial charge in [-0.1, -0.05) is 0 Å². The van der Waals surface area contributed by atoms with Gasteiger partial charge in [0.15, 0.2) is 6.29 Å². The van der Waals surface area contributed by atoms with Gasteiger partial charge in [-0.05, 0) is 0 Å². The largest absolute Gasteiger partial charge is 0.394 e. The third-order valence-electron chi connectivity index (χ3n) is 1.95. The van der Waals surface area contributed by atoms with Crippen molar-refractivity contribution < 1.29 is 25.2 Å². The number of nitrogens with two attached hydrogens (primary N) is 1. The Labute approximate surface area is 69.2 Å². The second-order valence-electron chi connectivity index (χ2n) is 2.81. The number of aliphatic hydroxyl groups is 4. The second-order valence-corrected chi connectivity index (χ2v) is 2.81. The summed E-state index contributed by atoms with van der Waals surface area (Å²) >= 11 is 0. The first-order valence-electron chi connectivity index (χ1n) is 3.64. The normalized spacial score (nSPS) is 49.2. The Balaban J connectivity index is 2.63. The molecule has 6 N–H and O–H groups in total. The first-order chi connectivity index (χ1) is 5.57. The lowest BCUT2D eigenvalue weighted by molar-refractivity contribution is -0.248. The summed E-state index contributed by atoms with van der Waals surface area (Å²) in [7, 11) is 0. The minimum Gasteiger partial charge on any atom is -0.394 e. The number of ether oxygens (including phenoxy) is 1. The van der Waals surface area contributed by atoms with Crippen LogP contribution in [0.25, 0.3) is 0 Å². The molecule has 0 aromatic rings. The van der Waals surface area contributed by atoms with E-state index in [2.05, 4.69) is 0 Å². The van der Waals surface area contributed by atoms with Crippen LogP contribution in [0.1, 0.15) is 0 Å². The zero-order chi connectivity index (χ0) is 9.30. The summed E-state index contributed by atoms with van der Waals surface area (Å²) in [5.74, 6) is 0. The molecule has 0 spiro atoms. The zero-order valence-electron chi connectivity index (χ0n) is 6.37. The molecule has 72 valence electrons. The molecule has 0 aliphatic carbocycles. The van der Waals surface area contributed by atoms with Crippen molar-refractivity contribution in [3.05, 3.63) is 0 Å². The Morgan fingerprint density at radius 2 is 1.75 bits per heavy atom. The highest BCUT2D eigenvalue weighted by atomic mass is 16.6. The van der Waals surface area contributed by atoms with Gasteiger partial charge in [-0.3, -0.25) is 0 Å². The molecule has 0 aromatic carbocycles. The topological polar surface area (TPSA) is 116 Å². The van der Waals surface area contributed by atoms with Crippen LogP contribution in [-0.2, 0) is 4.74 Å². The maximum absolute atomic E-state index is 9.20. The van der Waals surface area contributed by atoms with E-state index in [0.717, 1.165) is 0 Å². The Bertz CT molecular complexity index is 150. The van der Waals surface area contributed by atoms with E-state index < -0.39 is 37.3 Å². The molecule has 0 radical (unpaired) electrons. The minimum atomic E-state index is -1.35. The summed E-state index contributed by atoms with van der Waals surface area (Å²) in [6.45, 7) is -0.470. The van der Waals surface area contributed by atoms with E-state index in [1.807, 2.05) is 0 Å². The van der Waals surface area contributed by atoms with Crippen molar-refractivity contribution >= 4 is 0 Å². The van der Waals surface area contributed by atoms with Gasteiger partial charge in [0.25, 0.3) is 0 Å². The summed E-state index contributed by atoms with van der Waals surface area (Å²) in [6, 6.07) is -1.04. The molecule has 1 aliphatic heterocycles. The van der Waals surface area contributed by atoms with Gasteiger partial charge < -0.3 is 30.9 Å². The van der Waals surface area contributed by atoms with Gasteiger partial charge in [0.05, 0.1) is 12.6 Å². The molecule has 6 nitrogen and oxygen atoms in total. The van der Waals surface area contributed by atoms with E-state index in [1.165, 1.54) is 0 Å². The molecule has 0 amide bonds. The third kappa shape index (κ3) is 1.58. The van der Waals surface area contributed by atoms with Crippen LogP contribution in [0.4, 0.5) is 0 Å². The molecular formula is C6H13NO5. The van der Waals surface area contributed by atoms with Gasteiger partial charge >= 0.3 is 0 Å². The van der Waals surface area contributed by atoms with Gasteiger partial charge in [-0.15, -0.1) is 0 Å². The van der Waals surface area contributed by atoms with Crippen LogP contribution in [-0.4, -0.2) is 57.7 Å². The summed E-state index contributed by atoms with van der Waals surface area (Å²) in [5.41, 5.74) is 5.26. The fraction of sp³-hybridized carbons (Fsp3) is 1.00. The fourth-order valence-corrected chi connectivity index (χ4v) is 1.12. The summed E-state index contributed by atoms with van der Waals surface area (Å²) in [6.07, 6.45) is -4.85. The van der Waals surface area contributed by atoms with E-state index in [4.69, 9.17) is 20.7 Å². The highest BCUT2D eigenvalue weighted by Crippen LogP contribution is 2.17. The van der Waals surface area contributed by atoms with E-state index in [1.54, 1.807) is 0 Å². The van der Waals surface area contributed by atoms with Crippen molar-refractivity contribution in [1.82, 2.24) is 0 Å². The average Bonchev–Trinajstić information content (AvgIpc) is 2.08. The molecule has 0 saturated carbocycles. The number of hydrogen-bond acceptors (Lipinski definition) is 6. The van der Waals surface area contributed by atoms with E-state index in [0.29, 0.717) is 0 Å². The summed E-state index contributed by atoms with van der Waals surface area (Å²) in [4.78, 5) is 0. The Morgan fingerprint density at radius 1 is 1.17 bits per heavy atom. The number of hydrogen-bond donors (Lipinski definition) is 5. The molecule has 6 heteroatoms. The molecule has 1 fully saturated rings. The second kappa shape index (κ2) is 3.65. The fourth-order valence-electron chi connectivity index (χ4n) is 1.12. The lowest BCUT2D eigenvalue weighted by Crippen LogP contribution is -2.61. The van der Waals surface area contributed by atoms with Crippen molar-refractivity contribution in [2.24, 2.45) is 5.73 Å². The molecule has 1 aliphatic rings. The minimum absolute atomic E-state index is 0.470. The van der Waals surface area contributed by atoms with Gasteiger partial charge in [-0.25, -0.2) is 0 Å². The lowest BCUT2D eigenvalue weighted by atomic mass is 9.98. The Hall–Kier alpha value is -0.240. The Kier molecular flexibility index (Phi) is 2.99. The molecule has 0 bridgehead atoms. The standard InChI is InChI=1S/C6H13NO5/c7-3-5(10)4(9)2(1-8)12-6(3)11/h2-6,8-11H,1,7H2/t2?,3?,4-,5?,6+/m1/s1. The quantitative estimate of drug-likeness (QED) is 0.288. The first kappa shape index (κ1) is 9.85.